The molecule has 1 atom stereocenters. The van der Waals surface area contributed by atoms with Gasteiger partial charge in [0.2, 0.25) is 6.43 Å². The van der Waals surface area contributed by atoms with Gasteiger partial charge in [-0.3, -0.25) is 0 Å². The second-order valence-electron chi connectivity index (χ2n) is 2.04. The summed E-state index contributed by atoms with van der Waals surface area (Å²) < 4.78 is 10.5. The van der Waals surface area contributed by atoms with E-state index in [0.29, 0.717) is 0 Å². The Morgan fingerprint density at radius 2 is 1.71 bits per heavy atom. The monoisotopic (exact) mass is 120 g/mol. The third-order valence-corrected chi connectivity index (χ3v) is 2.87. The highest BCUT2D eigenvalue weighted by Gasteiger charge is 2.18. The molecular weight excluding hydrogens is 110 g/mol. The van der Waals surface area contributed by atoms with Crippen LogP contribution in [0.2, 0.25) is 13.6 Å². The van der Waals surface area contributed by atoms with Crippen LogP contribution in [0.4, 0.5) is 0 Å². The summed E-state index contributed by atoms with van der Waals surface area (Å²) in [5, 5.41) is 0. The Hall–Kier alpha value is 0.255. The zero-order valence-electron chi connectivity index (χ0n) is 4.88. The lowest BCUT2D eigenvalue weighted by Crippen LogP contribution is -1.99. The van der Waals surface area contributed by atoms with Crippen LogP contribution in [-0.4, -0.2) is 18.0 Å². The minimum atomic E-state index is -2.74. The topological polar surface area (TPSA) is 37.3 Å². The summed E-state index contributed by atoms with van der Waals surface area (Å²) in [6, 6.07) is 0. The Labute approximate surface area is 44.4 Å². The molecule has 0 aliphatic rings. The predicted octanol–water partition coefficient (Wildman–Crippen LogP) is 1.14. The lowest BCUT2D eigenvalue weighted by Gasteiger charge is -2.03. The van der Waals surface area contributed by atoms with Crippen LogP contribution in [0.25, 0.3) is 0 Å². The summed E-state index contributed by atoms with van der Waals surface area (Å²) in [5.74, 6) is 0. The van der Waals surface area contributed by atoms with Crippen LogP contribution < -0.4 is 0 Å². The molecular formula is C3H10BO2P. The van der Waals surface area contributed by atoms with Gasteiger partial charge in [0.15, 0.2) is 7.25 Å². The van der Waals surface area contributed by atoms with Gasteiger partial charge in [-0.05, 0) is 0 Å². The largest absolute Gasteiger partial charge is 0.351 e. The molecule has 0 saturated carbocycles. The van der Waals surface area contributed by atoms with Gasteiger partial charge in [0.25, 0.3) is 0 Å². The second kappa shape index (κ2) is 2.02. The second-order valence-corrected chi connectivity index (χ2v) is 4.96. The van der Waals surface area contributed by atoms with E-state index >= 15 is 0 Å². The number of hydrogen-bond acceptors (Lipinski definition) is 1. The highest BCUT2D eigenvalue weighted by molar-refractivity contribution is 7.90. The average molecular weight is 120 g/mol. The van der Waals surface area contributed by atoms with Gasteiger partial charge < -0.3 is 9.46 Å². The van der Waals surface area contributed by atoms with Crippen LogP contribution in [0.5, 0.6) is 0 Å². The van der Waals surface area contributed by atoms with Gasteiger partial charge in [-0.25, -0.2) is 0 Å². The molecule has 0 aliphatic carbocycles. The molecule has 0 aliphatic heterocycles. The molecule has 0 aromatic carbocycles. The fourth-order valence-corrected chi connectivity index (χ4v) is 0. The summed E-state index contributed by atoms with van der Waals surface area (Å²) in [6.45, 7) is 4.85. The van der Waals surface area contributed by atoms with E-state index in [1.165, 1.54) is 6.66 Å². The van der Waals surface area contributed by atoms with E-state index in [0.717, 1.165) is 0 Å². The molecule has 0 saturated heterocycles. The lowest BCUT2D eigenvalue weighted by molar-refractivity contribution is 0.500. The average Bonchev–Trinajstić information content (AvgIpc) is 1.31. The molecule has 0 radical (unpaired) electrons. The molecule has 2 nitrogen and oxygen atoms in total. The highest BCUT2D eigenvalue weighted by atomic mass is 31.2. The minimum absolute atomic E-state index is 0.0903. The van der Waals surface area contributed by atoms with Crippen molar-refractivity contribution in [2.24, 2.45) is 0 Å². The zero-order chi connectivity index (χ0) is 6.08. The van der Waals surface area contributed by atoms with Crippen LogP contribution in [0.3, 0.4) is 0 Å². The number of rotatable bonds is 1. The summed E-state index contributed by atoms with van der Waals surface area (Å²) in [5.41, 5.74) is 0. The lowest BCUT2D eigenvalue weighted by atomic mass is 9.84. The van der Waals surface area contributed by atoms with Crippen LogP contribution in [0, 0.1) is 0 Å². The molecule has 0 aromatic heterocycles. The summed E-state index contributed by atoms with van der Waals surface area (Å²) in [4.78, 5) is 8.65. The third-order valence-electron chi connectivity index (χ3n) is 0.958. The van der Waals surface area contributed by atoms with Crippen molar-refractivity contribution < 1.29 is 9.46 Å². The van der Waals surface area contributed by atoms with Crippen LogP contribution in [0.15, 0.2) is 0 Å². The standard InChI is InChI=1S/C3H10BO2P/c1-4(2)7(3,5)6/h1-3H3,(H,5,6). The van der Waals surface area contributed by atoms with Gasteiger partial charge in [-0.1, -0.05) is 13.6 Å². The predicted molar refractivity (Wildman–Crippen MR) is 33.2 cm³/mol. The Morgan fingerprint density at radius 1 is 1.57 bits per heavy atom. The highest BCUT2D eigenvalue weighted by Crippen LogP contribution is 2.38. The normalized spacial score (nSPS) is 18.3. The van der Waals surface area contributed by atoms with Crippen molar-refractivity contribution in [2.45, 2.75) is 13.6 Å². The van der Waals surface area contributed by atoms with Gasteiger partial charge >= 0.3 is 0 Å². The fraction of sp³-hybridized carbons (Fsp3) is 1.00. The van der Waals surface area contributed by atoms with E-state index in [2.05, 4.69) is 0 Å². The van der Waals surface area contributed by atoms with Crippen molar-refractivity contribution in [2.75, 3.05) is 6.66 Å². The molecule has 0 fully saturated rings. The first-order valence-corrected chi connectivity index (χ1v) is 4.42. The first-order chi connectivity index (χ1) is 2.94. The molecule has 0 heterocycles. The Balaban J connectivity index is 3.80. The van der Waals surface area contributed by atoms with Gasteiger partial charge in [-0.2, -0.15) is 0 Å². The van der Waals surface area contributed by atoms with Crippen molar-refractivity contribution in [1.82, 2.24) is 0 Å². The van der Waals surface area contributed by atoms with Crippen molar-refractivity contribution >= 4 is 13.7 Å². The molecule has 7 heavy (non-hydrogen) atoms. The van der Waals surface area contributed by atoms with E-state index in [4.69, 9.17) is 4.89 Å². The quantitative estimate of drug-likeness (QED) is 0.416. The van der Waals surface area contributed by atoms with E-state index in [-0.39, 0.29) is 6.43 Å². The maximum Gasteiger partial charge on any atom is 0.245 e. The van der Waals surface area contributed by atoms with Crippen LogP contribution in [-0.2, 0) is 4.57 Å². The fourth-order valence-electron chi connectivity index (χ4n) is 0. The first-order valence-electron chi connectivity index (χ1n) is 2.24. The summed E-state index contributed by atoms with van der Waals surface area (Å²) >= 11 is 0. The maximum absolute atomic E-state index is 10.5. The van der Waals surface area contributed by atoms with E-state index in [9.17, 15) is 4.57 Å². The first kappa shape index (κ1) is 7.25. The SMILES string of the molecule is CB(C)P(C)(=O)O. The van der Waals surface area contributed by atoms with Crippen molar-refractivity contribution in [3.8, 4) is 0 Å². The Morgan fingerprint density at radius 3 is 1.71 bits per heavy atom. The zero-order valence-corrected chi connectivity index (χ0v) is 5.77. The Bertz CT molecular complexity index is 95.1. The van der Waals surface area contributed by atoms with Crippen molar-refractivity contribution in [1.29, 1.82) is 0 Å². The van der Waals surface area contributed by atoms with E-state index in [1.54, 1.807) is 13.6 Å². The molecule has 1 unspecified atom stereocenters. The van der Waals surface area contributed by atoms with Gasteiger partial charge in [0.05, 0.1) is 0 Å². The smallest absolute Gasteiger partial charge is 0.245 e. The van der Waals surface area contributed by atoms with Gasteiger partial charge in [0, 0.05) is 6.66 Å². The molecule has 0 aromatic rings. The van der Waals surface area contributed by atoms with Crippen molar-refractivity contribution in [3.05, 3.63) is 0 Å². The minimum Gasteiger partial charge on any atom is -0.351 e. The van der Waals surface area contributed by atoms with E-state index < -0.39 is 7.25 Å². The van der Waals surface area contributed by atoms with Crippen LogP contribution in [0.1, 0.15) is 0 Å². The molecule has 42 valence electrons. The van der Waals surface area contributed by atoms with Gasteiger partial charge in [-0.15, -0.1) is 0 Å². The molecule has 0 amide bonds. The molecule has 0 bridgehead atoms. The van der Waals surface area contributed by atoms with Gasteiger partial charge in [0.1, 0.15) is 0 Å². The Kier molecular flexibility index (Phi) is 2.09. The molecule has 4 heteroatoms. The van der Waals surface area contributed by atoms with Crippen LogP contribution >= 0.6 is 7.25 Å². The molecule has 1 N–H and O–H groups in total. The van der Waals surface area contributed by atoms with Crippen molar-refractivity contribution in [3.63, 3.8) is 0 Å². The number of hydrogen-bond donors (Lipinski definition) is 1. The maximum atomic E-state index is 10.5. The third kappa shape index (κ3) is 2.89. The molecule has 0 spiro atoms. The summed E-state index contributed by atoms with van der Waals surface area (Å²) in [6.07, 6.45) is -0.0903. The summed E-state index contributed by atoms with van der Waals surface area (Å²) in [7, 11) is -2.74. The van der Waals surface area contributed by atoms with E-state index in [1.807, 2.05) is 0 Å². The molecule has 0 rings (SSSR count).